The Balaban J connectivity index is 1.97. The van der Waals surface area contributed by atoms with E-state index in [2.05, 4.69) is 10.6 Å². The number of carbonyl (C=O) groups is 3. The number of fused-ring (bicyclic) bond motifs is 1. The van der Waals surface area contributed by atoms with Crippen LogP contribution in [0.25, 0.3) is 10.8 Å². The summed E-state index contributed by atoms with van der Waals surface area (Å²) < 4.78 is 0. The van der Waals surface area contributed by atoms with Gasteiger partial charge in [-0.2, -0.15) is 0 Å². The first-order chi connectivity index (χ1) is 11.4. The molecule has 0 spiro atoms. The number of aliphatic carboxylic acids is 1. The van der Waals surface area contributed by atoms with Crippen molar-refractivity contribution >= 4 is 34.2 Å². The molecule has 24 heavy (non-hydrogen) atoms. The zero-order valence-electron chi connectivity index (χ0n) is 13.2. The Morgan fingerprint density at radius 3 is 2.42 bits per heavy atom. The van der Waals surface area contributed by atoms with Crippen LogP contribution in [-0.2, 0) is 14.4 Å². The standard InChI is InChI=1S/C17H19N3O4/c1-10(19-17(24)14(18)9-15(21)22)16(23)20-13-7-6-11-4-2-3-5-12(11)8-13/h2-8,10,14H,9,18H2,1H3,(H,19,24)(H,20,23)(H,21,22)/t10-,14-/m1/s1. The van der Waals surface area contributed by atoms with Crippen LogP contribution in [0.4, 0.5) is 5.69 Å². The van der Waals surface area contributed by atoms with Gasteiger partial charge in [0.25, 0.3) is 0 Å². The molecule has 2 aromatic rings. The number of nitrogens with two attached hydrogens (primary N) is 1. The lowest BCUT2D eigenvalue weighted by Gasteiger charge is -2.16. The summed E-state index contributed by atoms with van der Waals surface area (Å²) >= 11 is 0. The van der Waals surface area contributed by atoms with Crippen molar-refractivity contribution in [2.45, 2.75) is 25.4 Å². The van der Waals surface area contributed by atoms with Crippen LogP contribution < -0.4 is 16.4 Å². The van der Waals surface area contributed by atoms with Gasteiger partial charge in [0.2, 0.25) is 11.8 Å². The van der Waals surface area contributed by atoms with Gasteiger partial charge in [0.05, 0.1) is 12.5 Å². The van der Waals surface area contributed by atoms with Crippen LogP contribution in [0.5, 0.6) is 0 Å². The second-order valence-electron chi connectivity index (χ2n) is 5.49. The third kappa shape index (κ3) is 4.53. The molecule has 2 amide bonds. The molecule has 126 valence electrons. The molecule has 7 heteroatoms. The van der Waals surface area contributed by atoms with Crippen LogP contribution in [0.2, 0.25) is 0 Å². The molecule has 0 unspecified atom stereocenters. The van der Waals surface area contributed by atoms with Gasteiger partial charge >= 0.3 is 5.97 Å². The zero-order valence-corrected chi connectivity index (χ0v) is 13.2. The summed E-state index contributed by atoms with van der Waals surface area (Å²) in [6.07, 6.45) is -0.495. The van der Waals surface area contributed by atoms with Crippen LogP contribution in [-0.4, -0.2) is 35.0 Å². The van der Waals surface area contributed by atoms with Crippen molar-refractivity contribution in [3.63, 3.8) is 0 Å². The molecule has 0 saturated heterocycles. The highest BCUT2D eigenvalue weighted by molar-refractivity contribution is 5.99. The van der Waals surface area contributed by atoms with Crippen molar-refractivity contribution in [3.8, 4) is 0 Å². The average molecular weight is 329 g/mol. The van der Waals surface area contributed by atoms with Gasteiger partial charge in [0.15, 0.2) is 0 Å². The Bertz CT molecular complexity index is 775. The molecule has 0 aliphatic rings. The molecule has 2 atom stereocenters. The maximum absolute atomic E-state index is 12.1. The number of anilines is 1. The fraction of sp³-hybridized carbons (Fsp3) is 0.235. The van der Waals surface area contributed by atoms with Crippen LogP contribution in [0.3, 0.4) is 0 Å². The van der Waals surface area contributed by atoms with Gasteiger partial charge in [-0.15, -0.1) is 0 Å². The van der Waals surface area contributed by atoms with E-state index in [1.54, 1.807) is 6.07 Å². The summed E-state index contributed by atoms with van der Waals surface area (Å²) in [7, 11) is 0. The normalized spacial score (nSPS) is 13.1. The first-order valence-electron chi connectivity index (χ1n) is 7.44. The predicted molar refractivity (Wildman–Crippen MR) is 90.4 cm³/mol. The first kappa shape index (κ1) is 17.4. The third-order valence-electron chi connectivity index (χ3n) is 3.50. The number of nitrogens with one attached hydrogen (secondary N) is 2. The molecular weight excluding hydrogens is 310 g/mol. The monoisotopic (exact) mass is 329 g/mol. The molecule has 0 fully saturated rings. The highest BCUT2D eigenvalue weighted by Crippen LogP contribution is 2.18. The van der Waals surface area contributed by atoms with E-state index in [-0.39, 0.29) is 0 Å². The van der Waals surface area contributed by atoms with Crippen molar-refractivity contribution < 1.29 is 19.5 Å². The van der Waals surface area contributed by atoms with E-state index in [1.165, 1.54) is 6.92 Å². The summed E-state index contributed by atoms with van der Waals surface area (Å²) in [6, 6.07) is 11.2. The molecule has 0 bridgehead atoms. The summed E-state index contributed by atoms with van der Waals surface area (Å²) in [5, 5.41) is 15.8. The number of hydrogen-bond acceptors (Lipinski definition) is 4. The van der Waals surface area contributed by atoms with Gasteiger partial charge < -0.3 is 21.5 Å². The van der Waals surface area contributed by atoms with Crippen molar-refractivity contribution in [1.29, 1.82) is 0 Å². The lowest BCUT2D eigenvalue weighted by atomic mass is 10.1. The number of carbonyl (C=O) groups excluding carboxylic acids is 2. The van der Waals surface area contributed by atoms with Gasteiger partial charge in [0, 0.05) is 5.69 Å². The summed E-state index contributed by atoms with van der Waals surface area (Å²) in [6.45, 7) is 1.50. The van der Waals surface area contributed by atoms with Gasteiger partial charge in [0.1, 0.15) is 6.04 Å². The topological polar surface area (TPSA) is 122 Å². The predicted octanol–water partition coefficient (Wildman–Crippen LogP) is 1.09. The molecule has 2 aromatic carbocycles. The Morgan fingerprint density at radius 1 is 1.08 bits per heavy atom. The molecule has 0 heterocycles. The van der Waals surface area contributed by atoms with Gasteiger partial charge in [-0.1, -0.05) is 30.3 Å². The van der Waals surface area contributed by atoms with E-state index >= 15 is 0 Å². The number of benzene rings is 2. The Morgan fingerprint density at radius 2 is 1.75 bits per heavy atom. The summed E-state index contributed by atoms with van der Waals surface area (Å²) in [4.78, 5) is 34.4. The maximum atomic E-state index is 12.1. The molecule has 0 aliphatic heterocycles. The van der Waals surface area contributed by atoms with Crippen molar-refractivity contribution in [3.05, 3.63) is 42.5 Å². The van der Waals surface area contributed by atoms with Crippen LogP contribution in [0.1, 0.15) is 13.3 Å². The fourth-order valence-corrected chi connectivity index (χ4v) is 2.18. The SMILES string of the molecule is C[C@@H](NC(=O)[C@H](N)CC(=O)O)C(=O)Nc1ccc2ccccc2c1. The number of carboxylic acids is 1. The molecular formula is C17H19N3O4. The molecule has 2 rings (SSSR count). The number of amides is 2. The smallest absolute Gasteiger partial charge is 0.305 e. The third-order valence-corrected chi connectivity index (χ3v) is 3.50. The van der Waals surface area contributed by atoms with E-state index in [0.717, 1.165) is 10.8 Å². The first-order valence-corrected chi connectivity index (χ1v) is 7.44. The molecule has 0 aliphatic carbocycles. The number of carboxylic acid groups (broad SMARTS) is 1. The van der Waals surface area contributed by atoms with E-state index in [1.807, 2.05) is 36.4 Å². The molecule has 0 aromatic heterocycles. The zero-order chi connectivity index (χ0) is 17.7. The minimum Gasteiger partial charge on any atom is -0.481 e. The van der Waals surface area contributed by atoms with Gasteiger partial charge in [-0.25, -0.2) is 0 Å². The molecule has 7 nitrogen and oxygen atoms in total. The van der Waals surface area contributed by atoms with E-state index in [0.29, 0.717) is 5.69 Å². The molecule has 5 N–H and O–H groups in total. The van der Waals surface area contributed by atoms with Crippen LogP contribution in [0, 0.1) is 0 Å². The van der Waals surface area contributed by atoms with Crippen LogP contribution >= 0.6 is 0 Å². The van der Waals surface area contributed by atoms with Crippen molar-refractivity contribution in [1.82, 2.24) is 5.32 Å². The largest absolute Gasteiger partial charge is 0.481 e. The van der Waals surface area contributed by atoms with Gasteiger partial charge in [-0.05, 0) is 29.8 Å². The maximum Gasteiger partial charge on any atom is 0.305 e. The minimum absolute atomic E-state index is 0.416. The Kier molecular flexibility index (Phi) is 5.49. The summed E-state index contributed by atoms with van der Waals surface area (Å²) in [5.74, 6) is -2.27. The van der Waals surface area contributed by atoms with E-state index in [4.69, 9.17) is 10.8 Å². The molecule has 0 saturated carbocycles. The second kappa shape index (κ2) is 7.56. The van der Waals surface area contributed by atoms with Gasteiger partial charge in [-0.3, -0.25) is 14.4 Å². The highest BCUT2D eigenvalue weighted by atomic mass is 16.4. The Hall–Kier alpha value is -2.93. The van der Waals surface area contributed by atoms with Crippen molar-refractivity contribution in [2.24, 2.45) is 5.73 Å². The quantitative estimate of drug-likeness (QED) is 0.632. The summed E-state index contributed by atoms with van der Waals surface area (Å²) in [5.41, 5.74) is 6.06. The lowest BCUT2D eigenvalue weighted by molar-refractivity contribution is -0.139. The molecule has 0 radical (unpaired) electrons. The van der Waals surface area contributed by atoms with E-state index in [9.17, 15) is 14.4 Å². The highest BCUT2D eigenvalue weighted by Gasteiger charge is 2.21. The number of rotatable bonds is 6. The fourth-order valence-electron chi connectivity index (χ4n) is 2.18. The van der Waals surface area contributed by atoms with E-state index < -0.39 is 36.3 Å². The second-order valence-corrected chi connectivity index (χ2v) is 5.49. The minimum atomic E-state index is -1.20. The number of hydrogen-bond donors (Lipinski definition) is 4. The Labute approximate surface area is 138 Å². The van der Waals surface area contributed by atoms with Crippen LogP contribution in [0.15, 0.2) is 42.5 Å². The lowest BCUT2D eigenvalue weighted by Crippen LogP contribution is -2.49. The average Bonchev–Trinajstić information content (AvgIpc) is 2.53. The van der Waals surface area contributed by atoms with Crippen molar-refractivity contribution in [2.75, 3.05) is 5.32 Å².